The molecule has 1 aliphatic heterocycles. The third-order valence-electron chi connectivity index (χ3n) is 4.75. The van der Waals surface area contributed by atoms with Gasteiger partial charge in [0, 0.05) is 32.6 Å². The lowest BCUT2D eigenvalue weighted by Crippen LogP contribution is -2.47. The Morgan fingerprint density at radius 1 is 0.893 bits per heavy atom. The zero-order valence-corrected chi connectivity index (χ0v) is 15.8. The number of piperazine rings is 1. The summed E-state index contributed by atoms with van der Waals surface area (Å²) in [4.78, 5) is 4.50. The van der Waals surface area contributed by atoms with Crippen LogP contribution in [-0.2, 0) is 6.42 Å². The van der Waals surface area contributed by atoms with Gasteiger partial charge in [-0.2, -0.15) is 4.52 Å². The third-order valence-corrected chi connectivity index (χ3v) is 5.73. The van der Waals surface area contributed by atoms with E-state index >= 15 is 0 Å². The van der Waals surface area contributed by atoms with Crippen molar-refractivity contribution in [3.63, 3.8) is 0 Å². The smallest absolute Gasteiger partial charge is 0.208 e. The molecule has 28 heavy (non-hydrogen) atoms. The fraction of sp³-hybridized carbons (Fsp3) is 0.278. The highest BCUT2D eigenvalue weighted by atomic mass is 32.1. The Balaban J connectivity index is 1.23. The second kappa shape index (κ2) is 7.12. The molecular weight excluding hydrogens is 379 g/mol. The summed E-state index contributed by atoms with van der Waals surface area (Å²) in [5, 5.41) is 22.9. The van der Waals surface area contributed by atoms with Crippen molar-refractivity contribution in [3.05, 3.63) is 59.1 Å². The maximum Gasteiger partial charge on any atom is 0.208 e. The van der Waals surface area contributed by atoms with Gasteiger partial charge in [0.1, 0.15) is 23.0 Å². The van der Waals surface area contributed by atoms with Crippen molar-refractivity contribution in [2.24, 2.45) is 0 Å². The molecule has 0 unspecified atom stereocenters. The molecule has 1 aliphatic rings. The van der Waals surface area contributed by atoms with Crippen LogP contribution in [0, 0.1) is 5.82 Å². The summed E-state index contributed by atoms with van der Waals surface area (Å²) in [7, 11) is 0. The van der Waals surface area contributed by atoms with Gasteiger partial charge in [0.15, 0.2) is 5.65 Å². The standard InChI is InChI=1S/C18H17FN8S/c19-14-3-1-13(2-4-14)11-17-22-23-18(28-17)26-9-7-25(8-10-26)16-6-5-15-21-20-12-27(15)24-16/h1-6,12H,7-11H2. The highest BCUT2D eigenvalue weighted by Crippen LogP contribution is 2.24. The first-order chi connectivity index (χ1) is 13.7. The molecule has 0 N–H and O–H groups in total. The van der Waals surface area contributed by atoms with Crippen LogP contribution >= 0.6 is 11.3 Å². The molecule has 1 saturated heterocycles. The second-order valence-corrected chi connectivity index (χ2v) is 7.62. The molecule has 0 bridgehead atoms. The highest BCUT2D eigenvalue weighted by molar-refractivity contribution is 7.15. The highest BCUT2D eigenvalue weighted by Gasteiger charge is 2.21. The molecule has 1 fully saturated rings. The number of rotatable bonds is 4. The number of aromatic nitrogens is 6. The van der Waals surface area contributed by atoms with Crippen LogP contribution < -0.4 is 9.80 Å². The average Bonchev–Trinajstić information content (AvgIpc) is 3.39. The summed E-state index contributed by atoms with van der Waals surface area (Å²) in [5.41, 5.74) is 1.77. The van der Waals surface area contributed by atoms with Gasteiger partial charge in [0.25, 0.3) is 0 Å². The molecule has 0 spiro atoms. The van der Waals surface area contributed by atoms with Gasteiger partial charge >= 0.3 is 0 Å². The monoisotopic (exact) mass is 396 g/mol. The number of nitrogens with zero attached hydrogens (tertiary/aromatic N) is 8. The van der Waals surface area contributed by atoms with Crippen LogP contribution in [0.3, 0.4) is 0 Å². The number of halogens is 1. The Kier molecular flexibility index (Phi) is 4.32. The van der Waals surface area contributed by atoms with Crippen LogP contribution in [0.25, 0.3) is 5.65 Å². The predicted molar refractivity (Wildman–Crippen MR) is 104 cm³/mol. The molecule has 0 radical (unpaired) electrons. The quantitative estimate of drug-likeness (QED) is 0.522. The topological polar surface area (TPSA) is 75.3 Å². The van der Waals surface area contributed by atoms with Crippen molar-refractivity contribution >= 4 is 27.9 Å². The lowest BCUT2D eigenvalue weighted by molar-refractivity contribution is 0.627. The summed E-state index contributed by atoms with van der Waals surface area (Å²) >= 11 is 1.59. The van der Waals surface area contributed by atoms with Gasteiger partial charge < -0.3 is 9.80 Å². The molecule has 1 aromatic carbocycles. The van der Waals surface area contributed by atoms with Gasteiger partial charge in [-0.15, -0.1) is 25.5 Å². The molecule has 0 saturated carbocycles. The summed E-state index contributed by atoms with van der Waals surface area (Å²) in [6.07, 6.45) is 2.28. The van der Waals surface area contributed by atoms with Crippen molar-refractivity contribution in [3.8, 4) is 0 Å². The summed E-state index contributed by atoms with van der Waals surface area (Å²) in [5.74, 6) is 0.693. The van der Waals surface area contributed by atoms with Crippen molar-refractivity contribution < 1.29 is 4.39 Å². The molecule has 4 heterocycles. The zero-order valence-electron chi connectivity index (χ0n) is 14.9. The molecule has 0 atom stereocenters. The van der Waals surface area contributed by atoms with Crippen molar-refractivity contribution in [2.45, 2.75) is 6.42 Å². The number of anilines is 2. The largest absolute Gasteiger partial charge is 0.352 e. The van der Waals surface area contributed by atoms with E-state index in [1.807, 2.05) is 12.1 Å². The van der Waals surface area contributed by atoms with E-state index in [4.69, 9.17) is 0 Å². The first-order valence-corrected chi connectivity index (χ1v) is 9.80. The Morgan fingerprint density at radius 3 is 2.50 bits per heavy atom. The minimum atomic E-state index is -0.225. The fourth-order valence-corrected chi connectivity index (χ4v) is 4.16. The van der Waals surface area contributed by atoms with Crippen molar-refractivity contribution in [1.29, 1.82) is 0 Å². The van der Waals surface area contributed by atoms with Gasteiger partial charge in [-0.3, -0.25) is 0 Å². The average molecular weight is 396 g/mol. The van der Waals surface area contributed by atoms with E-state index in [9.17, 15) is 4.39 Å². The Bertz CT molecular complexity index is 1080. The van der Waals surface area contributed by atoms with Crippen LogP contribution in [-0.4, -0.2) is 56.2 Å². The van der Waals surface area contributed by atoms with E-state index in [-0.39, 0.29) is 5.82 Å². The molecular formula is C18H17FN8S. The van der Waals surface area contributed by atoms with E-state index in [0.29, 0.717) is 6.42 Å². The fourth-order valence-electron chi connectivity index (χ4n) is 3.23. The van der Waals surface area contributed by atoms with Crippen LogP contribution in [0.4, 0.5) is 15.3 Å². The van der Waals surface area contributed by atoms with Gasteiger partial charge in [-0.1, -0.05) is 23.5 Å². The molecule has 10 heteroatoms. The van der Waals surface area contributed by atoms with Gasteiger partial charge in [-0.25, -0.2) is 4.39 Å². The van der Waals surface area contributed by atoms with Gasteiger partial charge in [-0.05, 0) is 29.8 Å². The molecule has 4 aromatic rings. The van der Waals surface area contributed by atoms with E-state index in [2.05, 4.69) is 35.3 Å². The lowest BCUT2D eigenvalue weighted by atomic mass is 10.2. The van der Waals surface area contributed by atoms with Crippen LogP contribution in [0.1, 0.15) is 10.6 Å². The number of benzene rings is 1. The van der Waals surface area contributed by atoms with Gasteiger partial charge in [0.05, 0.1) is 0 Å². The second-order valence-electron chi connectivity index (χ2n) is 6.58. The SMILES string of the molecule is Fc1ccc(Cc2nnc(N3CCN(c4ccc5nncn5n4)CC3)s2)cc1. The van der Waals surface area contributed by atoms with Crippen LogP contribution in [0.2, 0.25) is 0 Å². The first kappa shape index (κ1) is 17.0. The van der Waals surface area contributed by atoms with E-state index in [1.165, 1.54) is 12.1 Å². The maximum absolute atomic E-state index is 13.0. The minimum Gasteiger partial charge on any atom is -0.352 e. The van der Waals surface area contributed by atoms with Crippen molar-refractivity contribution in [2.75, 3.05) is 36.0 Å². The number of hydrogen-bond acceptors (Lipinski definition) is 8. The number of fused-ring (bicyclic) bond motifs is 1. The molecule has 5 rings (SSSR count). The molecule has 142 valence electrons. The third kappa shape index (κ3) is 3.38. The van der Waals surface area contributed by atoms with E-state index in [0.717, 1.165) is 53.3 Å². The van der Waals surface area contributed by atoms with E-state index in [1.54, 1.807) is 34.3 Å². The maximum atomic E-state index is 13.0. The Morgan fingerprint density at radius 2 is 1.68 bits per heavy atom. The summed E-state index contributed by atoms with van der Waals surface area (Å²) in [6, 6.07) is 10.4. The van der Waals surface area contributed by atoms with Crippen molar-refractivity contribution in [1.82, 2.24) is 30.0 Å². The van der Waals surface area contributed by atoms with Crippen LogP contribution in [0.5, 0.6) is 0 Å². The van der Waals surface area contributed by atoms with Crippen LogP contribution in [0.15, 0.2) is 42.7 Å². The lowest BCUT2D eigenvalue weighted by Gasteiger charge is -2.34. The molecule has 0 amide bonds. The first-order valence-electron chi connectivity index (χ1n) is 8.98. The van der Waals surface area contributed by atoms with E-state index < -0.39 is 0 Å². The summed E-state index contributed by atoms with van der Waals surface area (Å²) in [6.45, 7) is 3.42. The molecule has 3 aromatic heterocycles. The normalized spacial score (nSPS) is 14.8. The molecule has 0 aliphatic carbocycles. The molecule has 8 nitrogen and oxygen atoms in total. The predicted octanol–water partition coefficient (Wildman–Crippen LogP) is 2.03. The Hall–Kier alpha value is -3.14. The summed E-state index contributed by atoms with van der Waals surface area (Å²) < 4.78 is 14.7. The zero-order chi connectivity index (χ0) is 18.9. The minimum absolute atomic E-state index is 0.225. The number of hydrogen-bond donors (Lipinski definition) is 0. The van der Waals surface area contributed by atoms with Gasteiger partial charge in [0.2, 0.25) is 5.13 Å². The Labute approximate surface area is 164 Å².